The number of nitrogens with one attached hydrogen (secondary N) is 1. The molecule has 0 unspecified atom stereocenters. The van der Waals surface area contributed by atoms with E-state index in [1.807, 2.05) is 17.4 Å². The lowest BCUT2D eigenvalue weighted by molar-refractivity contribution is 0.227. The molecule has 3 rings (SSSR count). The minimum Gasteiger partial charge on any atom is -0.468 e. The molecule has 4 heteroatoms. The molecule has 0 amide bonds. The van der Waals surface area contributed by atoms with Gasteiger partial charge in [-0.25, -0.2) is 0 Å². The second-order valence-corrected chi connectivity index (χ2v) is 6.62. The zero-order valence-corrected chi connectivity index (χ0v) is 12.8. The third-order valence-corrected chi connectivity index (χ3v) is 4.70. The van der Waals surface area contributed by atoms with Crippen molar-refractivity contribution >= 4 is 11.3 Å². The Hall–Kier alpha value is -1.10. The van der Waals surface area contributed by atoms with Gasteiger partial charge < -0.3 is 9.73 Å². The van der Waals surface area contributed by atoms with E-state index in [0.29, 0.717) is 0 Å². The van der Waals surface area contributed by atoms with Crippen molar-refractivity contribution in [1.82, 2.24) is 10.2 Å². The van der Waals surface area contributed by atoms with E-state index in [1.54, 1.807) is 6.26 Å². The van der Waals surface area contributed by atoms with Crippen molar-refractivity contribution in [3.8, 4) is 0 Å². The molecule has 20 heavy (non-hydrogen) atoms. The minimum absolute atomic E-state index is 0.749. The number of hydrogen-bond acceptors (Lipinski definition) is 4. The number of rotatable bonds is 8. The topological polar surface area (TPSA) is 28.4 Å². The Morgan fingerprint density at radius 2 is 2.10 bits per heavy atom. The maximum atomic E-state index is 5.49. The van der Waals surface area contributed by atoms with E-state index in [0.717, 1.165) is 38.0 Å². The van der Waals surface area contributed by atoms with Crippen LogP contribution in [0.4, 0.5) is 0 Å². The van der Waals surface area contributed by atoms with Crippen LogP contribution in [0.2, 0.25) is 0 Å². The molecule has 0 spiro atoms. The van der Waals surface area contributed by atoms with Gasteiger partial charge in [0, 0.05) is 28.9 Å². The standard InChI is InChI=1S/C16H22N2OS/c1-2-17-10-15-7-8-16(20-15)12-18(13-5-6-13)11-14-4-3-9-19-14/h3-4,7-9,13,17H,2,5-6,10-12H2,1H3. The molecular weight excluding hydrogens is 268 g/mol. The second-order valence-electron chi connectivity index (χ2n) is 5.36. The van der Waals surface area contributed by atoms with Crippen molar-refractivity contribution < 1.29 is 4.42 Å². The SMILES string of the molecule is CCNCc1ccc(CN(Cc2ccco2)C2CC2)s1. The van der Waals surface area contributed by atoms with Gasteiger partial charge in [0.1, 0.15) is 5.76 Å². The first-order chi connectivity index (χ1) is 9.85. The van der Waals surface area contributed by atoms with Crippen LogP contribution in [-0.4, -0.2) is 17.5 Å². The fourth-order valence-electron chi connectivity index (χ4n) is 2.41. The number of furan rings is 1. The quantitative estimate of drug-likeness (QED) is 0.805. The summed E-state index contributed by atoms with van der Waals surface area (Å²) < 4.78 is 5.49. The molecule has 0 radical (unpaired) electrons. The van der Waals surface area contributed by atoms with Crippen LogP contribution >= 0.6 is 11.3 Å². The molecule has 0 aliphatic heterocycles. The Kier molecular flexibility index (Phi) is 4.55. The van der Waals surface area contributed by atoms with Crippen molar-refractivity contribution in [2.45, 2.75) is 45.4 Å². The Morgan fingerprint density at radius 1 is 1.25 bits per heavy atom. The van der Waals surface area contributed by atoms with E-state index >= 15 is 0 Å². The Morgan fingerprint density at radius 3 is 2.80 bits per heavy atom. The highest BCUT2D eigenvalue weighted by atomic mass is 32.1. The summed E-state index contributed by atoms with van der Waals surface area (Å²) in [6, 6.07) is 9.31. The summed E-state index contributed by atoms with van der Waals surface area (Å²) >= 11 is 1.92. The van der Waals surface area contributed by atoms with Gasteiger partial charge in [0.25, 0.3) is 0 Å². The summed E-state index contributed by atoms with van der Waals surface area (Å²) in [5, 5.41) is 3.38. The molecule has 0 bridgehead atoms. The first-order valence-corrected chi connectivity index (χ1v) is 8.21. The number of nitrogens with zero attached hydrogens (tertiary/aromatic N) is 1. The molecule has 3 nitrogen and oxygen atoms in total. The molecule has 2 aromatic rings. The normalized spacial score (nSPS) is 15.1. The largest absolute Gasteiger partial charge is 0.468 e. The highest BCUT2D eigenvalue weighted by molar-refractivity contribution is 7.11. The van der Waals surface area contributed by atoms with Gasteiger partial charge in [-0.05, 0) is 43.7 Å². The van der Waals surface area contributed by atoms with Crippen LogP contribution in [-0.2, 0) is 19.6 Å². The first-order valence-electron chi connectivity index (χ1n) is 7.40. The van der Waals surface area contributed by atoms with Gasteiger partial charge in [0.15, 0.2) is 0 Å². The second kappa shape index (κ2) is 6.57. The van der Waals surface area contributed by atoms with Crippen molar-refractivity contribution in [2.75, 3.05) is 6.54 Å². The summed E-state index contributed by atoms with van der Waals surface area (Å²) in [6.07, 6.45) is 4.42. The summed E-state index contributed by atoms with van der Waals surface area (Å²) in [4.78, 5) is 5.42. The van der Waals surface area contributed by atoms with E-state index < -0.39 is 0 Å². The zero-order chi connectivity index (χ0) is 13.8. The van der Waals surface area contributed by atoms with Gasteiger partial charge >= 0.3 is 0 Å². The van der Waals surface area contributed by atoms with Gasteiger partial charge in [-0.1, -0.05) is 6.92 Å². The van der Waals surface area contributed by atoms with Gasteiger partial charge in [-0.2, -0.15) is 0 Å². The number of thiophene rings is 1. The van der Waals surface area contributed by atoms with Crippen LogP contribution in [0.25, 0.3) is 0 Å². The summed E-state index contributed by atoms with van der Waals surface area (Å²) in [5.74, 6) is 1.07. The van der Waals surface area contributed by atoms with E-state index in [1.165, 1.54) is 22.6 Å². The van der Waals surface area contributed by atoms with Crippen LogP contribution in [0.3, 0.4) is 0 Å². The maximum Gasteiger partial charge on any atom is 0.117 e. The van der Waals surface area contributed by atoms with Crippen molar-refractivity contribution in [3.05, 3.63) is 46.0 Å². The van der Waals surface area contributed by atoms with E-state index in [2.05, 4.69) is 35.3 Å². The Labute approximate surface area is 124 Å². The fourth-order valence-corrected chi connectivity index (χ4v) is 3.42. The Balaban J connectivity index is 1.59. The van der Waals surface area contributed by atoms with Crippen LogP contribution in [0, 0.1) is 0 Å². The maximum absolute atomic E-state index is 5.49. The Bertz CT molecular complexity index is 516. The fraction of sp³-hybridized carbons (Fsp3) is 0.500. The average Bonchev–Trinajstić information content (AvgIpc) is 3.00. The molecule has 1 saturated carbocycles. The molecule has 108 valence electrons. The molecule has 0 aromatic carbocycles. The number of hydrogen-bond donors (Lipinski definition) is 1. The third kappa shape index (κ3) is 3.72. The molecule has 0 atom stereocenters. The molecule has 1 N–H and O–H groups in total. The monoisotopic (exact) mass is 290 g/mol. The van der Waals surface area contributed by atoms with E-state index in [4.69, 9.17) is 4.42 Å². The van der Waals surface area contributed by atoms with Crippen LogP contribution in [0.5, 0.6) is 0 Å². The predicted octanol–water partition coefficient (Wildman–Crippen LogP) is 3.62. The summed E-state index contributed by atoms with van der Waals surface area (Å²) in [7, 11) is 0. The van der Waals surface area contributed by atoms with Crippen molar-refractivity contribution in [2.24, 2.45) is 0 Å². The van der Waals surface area contributed by atoms with E-state index in [-0.39, 0.29) is 0 Å². The molecule has 1 aliphatic rings. The van der Waals surface area contributed by atoms with E-state index in [9.17, 15) is 0 Å². The van der Waals surface area contributed by atoms with Gasteiger partial charge in [0.05, 0.1) is 12.8 Å². The van der Waals surface area contributed by atoms with Crippen molar-refractivity contribution in [3.63, 3.8) is 0 Å². The first kappa shape index (κ1) is 13.9. The molecule has 0 saturated heterocycles. The lowest BCUT2D eigenvalue weighted by atomic mass is 10.3. The highest BCUT2D eigenvalue weighted by Gasteiger charge is 2.29. The van der Waals surface area contributed by atoms with Crippen molar-refractivity contribution in [1.29, 1.82) is 0 Å². The third-order valence-electron chi connectivity index (χ3n) is 3.63. The van der Waals surface area contributed by atoms with Gasteiger partial charge in [0.2, 0.25) is 0 Å². The summed E-state index contributed by atoms with van der Waals surface area (Å²) in [6.45, 7) is 6.13. The lowest BCUT2D eigenvalue weighted by Gasteiger charge is -2.19. The van der Waals surface area contributed by atoms with Crippen LogP contribution in [0.15, 0.2) is 34.9 Å². The average molecular weight is 290 g/mol. The lowest BCUT2D eigenvalue weighted by Crippen LogP contribution is -2.24. The molecule has 1 aliphatic carbocycles. The van der Waals surface area contributed by atoms with Crippen LogP contribution in [0.1, 0.15) is 35.3 Å². The molecule has 2 aromatic heterocycles. The predicted molar refractivity (Wildman–Crippen MR) is 82.7 cm³/mol. The molecule has 1 fully saturated rings. The summed E-state index contributed by atoms with van der Waals surface area (Å²) in [5.41, 5.74) is 0. The minimum atomic E-state index is 0.749. The highest BCUT2D eigenvalue weighted by Crippen LogP contribution is 2.31. The molecular formula is C16H22N2OS. The van der Waals surface area contributed by atoms with Gasteiger partial charge in [-0.15, -0.1) is 11.3 Å². The zero-order valence-electron chi connectivity index (χ0n) is 12.0. The van der Waals surface area contributed by atoms with Gasteiger partial charge in [-0.3, -0.25) is 4.90 Å². The smallest absolute Gasteiger partial charge is 0.117 e. The molecule has 2 heterocycles. The van der Waals surface area contributed by atoms with Crippen LogP contribution < -0.4 is 5.32 Å².